The molecular formula is C28H35N3O4. The largest absolute Gasteiger partial charge is 0.394 e. The third kappa shape index (κ3) is 4.45. The first kappa shape index (κ1) is 24.9. The number of hydrogen-bond acceptors (Lipinski definition) is 4. The molecule has 7 nitrogen and oxygen atoms in total. The quantitative estimate of drug-likeness (QED) is 0.534. The number of rotatable bonds is 7. The van der Waals surface area contributed by atoms with Gasteiger partial charge in [0, 0.05) is 18.7 Å². The third-order valence-corrected chi connectivity index (χ3v) is 7.67. The minimum absolute atomic E-state index is 0.0653. The molecule has 6 atom stereocenters. The minimum atomic E-state index is -0.820. The van der Waals surface area contributed by atoms with E-state index in [2.05, 4.69) is 10.6 Å². The summed E-state index contributed by atoms with van der Waals surface area (Å²) in [4.78, 5) is 42.2. The fourth-order valence-electron chi connectivity index (χ4n) is 5.82. The first-order valence-electron chi connectivity index (χ1n) is 12.4. The maximum Gasteiger partial charge on any atom is 0.247 e. The van der Waals surface area contributed by atoms with E-state index < -0.39 is 29.8 Å². The van der Waals surface area contributed by atoms with Gasteiger partial charge >= 0.3 is 0 Å². The zero-order valence-electron chi connectivity index (χ0n) is 20.8. The van der Waals surface area contributed by atoms with Crippen LogP contribution >= 0.6 is 0 Å². The Kier molecular flexibility index (Phi) is 7.26. The number of allylic oxidation sites excluding steroid dienone is 1. The van der Waals surface area contributed by atoms with Crippen molar-refractivity contribution in [2.75, 3.05) is 19.0 Å². The van der Waals surface area contributed by atoms with E-state index in [0.717, 1.165) is 10.8 Å². The van der Waals surface area contributed by atoms with Gasteiger partial charge in [0.15, 0.2) is 0 Å². The van der Waals surface area contributed by atoms with Crippen LogP contribution in [0.15, 0.2) is 54.6 Å². The van der Waals surface area contributed by atoms with Gasteiger partial charge in [-0.3, -0.25) is 14.4 Å². The molecule has 2 aliphatic rings. The Bertz CT molecular complexity index is 1140. The number of carbonyl (C=O) groups excluding carboxylic acids is 3. The molecule has 35 heavy (non-hydrogen) atoms. The van der Waals surface area contributed by atoms with Crippen LogP contribution in [0.25, 0.3) is 10.8 Å². The average Bonchev–Trinajstić information content (AvgIpc) is 3.15. The van der Waals surface area contributed by atoms with Gasteiger partial charge in [0.1, 0.15) is 6.04 Å². The van der Waals surface area contributed by atoms with Crippen LogP contribution in [0.4, 0.5) is 5.69 Å². The van der Waals surface area contributed by atoms with Gasteiger partial charge in [-0.1, -0.05) is 63.3 Å². The zero-order valence-corrected chi connectivity index (χ0v) is 20.8. The molecule has 7 heteroatoms. The molecule has 1 aliphatic heterocycles. The first-order valence-corrected chi connectivity index (χ1v) is 12.4. The number of aliphatic hydroxyl groups excluding tert-OH is 1. The number of aliphatic hydroxyl groups is 1. The van der Waals surface area contributed by atoms with Gasteiger partial charge < -0.3 is 20.6 Å². The lowest BCUT2D eigenvalue weighted by Crippen LogP contribution is -2.52. The number of anilines is 1. The highest BCUT2D eigenvalue weighted by atomic mass is 16.3. The fraction of sp³-hybridized carbons (Fsp3) is 0.464. The van der Waals surface area contributed by atoms with Crippen LogP contribution in [0.3, 0.4) is 0 Å². The summed E-state index contributed by atoms with van der Waals surface area (Å²) in [6.07, 6.45) is 4.64. The molecule has 0 unspecified atom stereocenters. The zero-order chi connectivity index (χ0) is 25.3. The Morgan fingerprint density at radius 1 is 1.06 bits per heavy atom. The summed E-state index contributed by atoms with van der Waals surface area (Å²) in [6, 6.07) is 12.3. The number of nitrogens with one attached hydrogen (secondary N) is 2. The van der Waals surface area contributed by atoms with Crippen LogP contribution in [0, 0.1) is 29.6 Å². The Hall–Kier alpha value is -3.19. The molecular weight excluding hydrogens is 442 g/mol. The standard InChI is InChI=1S/C28H35N3O4/c1-5-17-11-13-21-24(23(17)26(33)29-4)28(35)31(22(15-32)16(2)3)25(21)27(34)30-20-12-10-18-8-6-7-9-19(18)14-20/h6-14,16-17,21-25,32H,5,15H2,1-4H3,(H,29,33)(H,30,34)/t17-,21+,22+,23-,24+,25+/m1/s1. The van der Waals surface area contributed by atoms with Crippen molar-refractivity contribution < 1.29 is 19.5 Å². The lowest BCUT2D eigenvalue weighted by molar-refractivity contribution is -0.143. The molecule has 2 aromatic rings. The second-order valence-electron chi connectivity index (χ2n) is 9.94. The van der Waals surface area contributed by atoms with Crippen molar-refractivity contribution in [2.45, 2.75) is 39.3 Å². The molecule has 1 saturated heterocycles. The van der Waals surface area contributed by atoms with Gasteiger partial charge in [0.05, 0.1) is 24.5 Å². The summed E-state index contributed by atoms with van der Waals surface area (Å²) in [5.74, 6) is -2.55. The van der Waals surface area contributed by atoms with Crippen molar-refractivity contribution in [3.8, 4) is 0 Å². The molecule has 0 saturated carbocycles. The van der Waals surface area contributed by atoms with E-state index in [1.165, 1.54) is 0 Å². The van der Waals surface area contributed by atoms with E-state index in [4.69, 9.17) is 0 Å². The second-order valence-corrected chi connectivity index (χ2v) is 9.94. The number of benzene rings is 2. The number of fused-ring (bicyclic) bond motifs is 2. The second kappa shape index (κ2) is 10.2. The summed E-state index contributed by atoms with van der Waals surface area (Å²) in [5.41, 5.74) is 0.642. The highest BCUT2D eigenvalue weighted by Gasteiger charge is 2.58. The molecule has 1 aliphatic carbocycles. The average molecular weight is 478 g/mol. The van der Waals surface area contributed by atoms with Crippen molar-refractivity contribution >= 4 is 34.2 Å². The van der Waals surface area contributed by atoms with Gasteiger partial charge in [0.2, 0.25) is 17.7 Å². The van der Waals surface area contributed by atoms with Gasteiger partial charge in [-0.15, -0.1) is 0 Å². The molecule has 0 spiro atoms. The van der Waals surface area contributed by atoms with Crippen LogP contribution in [0.2, 0.25) is 0 Å². The highest BCUT2D eigenvalue weighted by molar-refractivity contribution is 6.03. The van der Waals surface area contributed by atoms with Crippen molar-refractivity contribution in [3.05, 3.63) is 54.6 Å². The van der Waals surface area contributed by atoms with Crippen LogP contribution in [0.5, 0.6) is 0 Å². The Morgan fingerprint density at radius 2 is 1.77 bits per heavy atom. The number of carbonyl (C=O) groups is 3. The molecule has 186 valence electrons. The molecule has 2 aromatic carbocycles. The van der Waals surface area contributed by atoms with Crippen LogP contribution in [-0.4, -0.2) is 53.5 Å². The minimum Gasteiger partial charge on any atom is -0.394 e. The third-order valence-electron chi connectivity index (χ3n) is 7.67. The summed E-state index contributed by atoms with van der Waals surface area (Å²) in [7, 11) is 1.58. The summed E-state index contributed by atoms with van der Waals surface area (Å²) in [6.45, 7) is 5.59. The van der Waals surface area contributed by atoms with E-state index in [-0.39, 0.29) is 36.2 Å². The highest BCUT2D eigenvalue weighted by Crippen LogP contribution is 2.46. The number of nitrogens with zero attached hydrogens (tertiary/aromatic N) is 1. The molecule has 1 fully saturated rings. The molecule has 4 rings (SSSR count). The van der Waals surface area contributed by atoms with Crippen LogP contribution in [-0.2, 0) is 14.4 Å². The predicted molar refractivity (Wildman–Crippen MR) is 136 cm³/mol. The normalized spacial score (nSPS) is 26.6. The first-order chi connectivity index (χ1) is 16.8. The molecule has 0 radical (unpaired) electrons. The number of amides is 3. The van der Waals surface area contributed by atoms with Crippen molar-refractivity contribution in [3.63, 3.8) is 0 Å². The van der Waals surface area contributed by atoms with Gasteiger partial charge in [-0.2, -0.15) is 0 Å². The Balaban J connectivity index is 1.74. The molecule has 0 bridgehead atoms. The lowest BCUT2D eigenvalue weighted by Gasteiger charge is -2.35. The summed E-state index contributed by atoms with van der Waals surface area (Å²) in [5, 5.41) is 18.0. The van der Waals surface area contributed by atoms with Gasteiger partial charge in [-0.25, -0.2) is 0 Å². The van der Waals surface area contributed by atoms with E-state index in [0.29, 0.717) is 12.1 Å². The van der Waals surface area contributed by atoms with E-state index >= 15 is 0 Å². The lowest BCUT2D eigenvalue weighted by atomic mass is 9.69. The molecule has 3 N–H and O–H groups in total. The maximum absolute atomic E-state index is 13.9. The topological polar surface area (TPSA) is 98.7 Å². The van der Waals surface area contributed by atoms with Crippen molar-refractivity contribution in [1.29, 1.82) is 0 Å². The Labute approximate surface area is 206 Å². The monoisotopic (exact) mass is 477 g/mol. The SMILES string of the molecule is CC[C@@H]1C=C[C@H]2[C@H](C(=O)N([C@@H](CO)C(C)C)[C@@H]2C(=O)Nc2ccc3ccccc3c2)[C@@H]1C(=O)NC. The van der Waals surface area contributed by atoms with Gasteiger partial charge in [-0.05, 0) is 41.2 Å². The van der Waals surface area contributed by atoms with E-state index in [1.54, 1.807) is 11.9 Å². The van der Waals surface area contributed by atoms with Crippen LogP contribution < -0.4 is 10.6 Å². The molecule has 0 aromatic heterocycles. The Morgan fingerprint density at radius 3 is 2.40 bits per heavy atom. The summed E-state index contributed by atoms with van der Waals surface area (Å²) >= 11 is 0. The molecule has 1 heterocycles. The van der Waals surface area contributed by atoms with Crippen LogP contribution in [0.1, 0.15) is 27.2 Å². The number of hydrogen-bond donors (Lipinski definition) is 3. The smallest absolute Gasteiger partial charge is 0.247 e. The van der Waals surface area contributed by atoms with E-state index in [1.807, 2.05) is 75.4 Å². The van der Waals surface area contributed by atoms with Crippen molar-refractivity contribution in [2.24, 2.45) is 29.6 Å². The van der Waals surface area contributed by atoms with Gasteiger partial charge in [0.25, 0.3) is 0 Å². The predicted octanol–water partition coefficient (Wildman–Crippen LogP) is 3.20. The van der Waals surface area contributed by atoms with E-state index in [9.17, 15) is 19.5 Å². The maximum atomic E-state index is 13.9. The molecule has 3 amide bonds. The number of likely N-dealkylation sites (tertiary alicyclic amines) is 1. The fourth-order valence-corrected chi connectivity index (χ4v) is 5.82. The van der Waals surface area contributed by atoms with Crippen molar-refractivity contribution in [1.82, 2.24) is 10.2 Å². The summed E-state index contributed by atoms with van der Waals surface area (Å²) < 4.78 is 0.